The molecule has 0 saturated heterocycles. The highest BCUT2D eigenvalue weighted by Crippen LogP contribution is 2.30. The van der Waals surface area contributed by atoms with E-state index in [2.05, 4.69) is 66.8 Å². The van der Waals surface area contributed by atoms with Gasteiger partial charge in [0.2, 0.25) is 0 Å². The van der Waals surface area contributed by atoms with E-state index in [1.54, 1.807) is 23.1 Å². The van der Waals surface area contributed by atoms with Crippen LogP contribution in [-0.4, -0.2) is 11.2 Å². The standard InChI is InChI=1S/C17H18N2S2/c1-11-5-4-6-13(12(11)2)10-18-14-7-8-15-16(9-14)21-17(19-15)20-3/h4-9,18H,10H2,1-3H3. The maximum atomic E-state index is 4.57. The second-order valence-corrected chi connectivity index (χ2v) is 7.16. The summed E-state index contributed by atoms with van der Waals surface area (Å²) >= 11 is 3.45. The number of hydrogen-bond donors (Lipinski definition) is 1. The Hall–Kier alpha value is -1.52. The minimum atomic E-state index is 0.854. The van der Waals surface area contributed by atoms with E-state index in [0.717, 1.165) is 22.1 Å². The van der Waals surface area contributed by atoms with Crippen molar-refractivity contribution in [3.63, 3.8) is 0 Å². The van der Waals surface area contributed by atoms with Crippen LogP contribution in [-0.2, 0) is 6.54 Å². The van der Waals surface area contributed by atoms with Crippen molar-refractivity contribution >= 4 is 39.0 Å². The second kappa shape index (κ2) is 6.08. The maximum absolute atomic E-state index is 4.57. The first kappa shape index (κ1) is 14.4. The van der Waals surface area contributed by atoms with Crippen LogP contribution in [0.1, 0.15) is 16.7 Å². The molecular formula is C17H18N2S2. The normalized spacial score (nSPS) is 11.0. The predicted octanol–water partition coefficient (Wildman–Crippen LogP) is 5.25. The Morgan fingerprint density at radius 3 is 2.86 bits per heavy atom. The summed E-state index contributed by atoms with van der Waals surface area (Å²) in [7, 11) is 0. The predicted molar refractivity (Wildman–Crippen MR) is 94.6 cm³/mol. The average molecular weight is 314 g/mol. The van der Waals surface area contributed by atoms with E-state index in [9.17, 15) is 0 Å². The van der Waals surface area contributed by atoms with Gasteiger partial charge in [-0.3, -0.25) is 0 Å². The van der Waals surface area contributed by atoms with Gasteiger partial charge in [0, 0.05) is 12.2 Å². The number of fused-ring (bicyclic) bond motifs is 1. The first-order valence-corrected chi connectivity index (χ1v) is 8.95. The number of hydrogen-bond acceptors (Lipinski definition) is 4. The van der Waals surface area contributed by atoms with Crippen LogP contribution in [0.5, 0.6) is 0 Å². The third kappa shape index (κ3) is 3.06. The van der Waals surface area contributed by atoms with Crippen LogP contribution in [0.3, 0.4) is 0 Å². The van der Waals surface area contributed by atoms with Gasteiger partial charge in [0.25, 0.3) is 0 Å². The number of thiazole rings is 1. The highest BCUT2D eigenvalue weighted by atomic mass is 32.2. The molecule has 0 atom stereocenters. The van der Waals surface area contributed by atoms with Crippen LogP contribution in [0.15, 0.2) is 40.7 Å². The molecule has 0 fully saturated rings. The zero-order valence-electron chi connectivity index (χ0n) is 12.4. The Kier molecular flexibility index (Phi) is 4.17. The summed E-state index contributed by atoms with van der Waals surface area (Å²) in [5.41, 5.74) is 6.30. The number of anilines is 1. The number of aromatic nitrogens is 1. The van der Waals surface area contributed by atoms with Gasteiger partial charge in [-0.25, -0.2) is 4.98 Å². The van der Waals surface area contributed by atoms with E-state index < -0.39 is 0 Å². The van der Waals surface area contributed by atoms with E-state index >= 15 is 0 Å². The fraction of sp³-hybridized carbons (Fsp3) is 0.235. The molecule has 0 aliphatic carbocycles. The lowest BCUT2D eigenvalue weighted by molar-refractivity contribution is 1.10. The van der Waals surface area contributed by atoms with Gasteiger partial charge in [0.05, 0.1) is 10.2 Å². The van der Waals surface area contributed by atoms with Gasteiger partial charge in [-0.05, 0) is 55.0 Å². The molecule has 0 spiro atoms. The molecule has 108 valence electrons. The first-order chi connectivity index (χ1) is 10.2. The van der Waals surface area contributed by atoms with Crippen molar-refractivity contribution < 1.29 is 0 Å². The molecule has 0 saturated carbocycles. The molecule has 1 heterocycles. The molecule has 0 aliphatic rings. The van der Waals surface area contributed by atoms with Crippen LogP contribution in [0, 0.1) is 13.8 Å². The first-order valence-electron chi connectivity index (χ1n) is 6.91. The van der Waals surface area contributed by atoms with Gasteiger partial charge in [-0.2, -0.15) is 0 Å². The molecule has 0 amide bonds. The fourth-order valence-corrected chi connectivity index (χ4v) is 3.83. The summed E-state index contributed by atoms with van der Waals surface area (Å²) in [5, 5.41) is 3.52. The third-order valence-corrected chi connectivity index (χ3v) is 5.75. The van der Waals surface area contributed by atoms with Crippen molar-refractivity contribution in [3.8, 4) is 0 Å². The molecule has 0 unspecified atom stereocenters. The van der Waals surface area contributed by atoms with Crippen LogP contribution in [0.25, 0.3) is 10.2 Å². The summed E-state index contributed by atoms with van der Waals surface area (Å²) in [6.45, 7) is 5.20. The van der Waals surface area contributed by atoms with Crippen molar-refractivity contribution in [2.75, 3.05) is 11.6 Å². The molecule has 4 heteroatoms. The van der Waals surface area contributed by atoms with Gasteiger partial charge in [0.1, 0.15) is 0 Å². The summed E-state index contributed by atoms with van der Waals surface area (Å²) in [5.74, 6) is 0. The van der Waals surface area contributed by atoms with Gasteiger partial charge in [-0.15, -0.1) is 11.3 Å². The minimum absolute atomic E-state index is 0.854. The highest BCUT2D eigenvalue weighted by Gasteiger charge is 2.05. The SMILES string of the molecule is CSc1nc2ccc(NCc3cccc(C)c3C)cc2s1. The van der Waals surface area contributed by atoms with Crippen molar-refractivity contribution in [1.82, 2.24) is 4.98 Å². The molecule has 2 aromatic carbocycles. The molecule has 3 aromatic rings. The summed E-state index contributed by atoms with van der Waals surface area (Å²) in [4.78, 5) is 4.57. The lowest BCUT2D eigenvalue weighted by atomic mass is 10.0. The minimum Gasteiger partial charge on any atom is -0.381 e. The molecule has 0 aliphatic heterocycles. The van der Waals surface area contributed by atoms with Crippen LogP contribution >= 0.6 is 23.1 Å². The Morgan fingerprint density at radius 2 is 2.05 bits per heavy atom. The number of nitrogens with zero attached hydrogens (tertiary/aromatic N) is 1. The van der Waals surface area contributed by atoms with Gasteiger partial charge < -0.3 is 5.32 Å². The maximum Gasteiger partial charge on any atom is 0.150 e. The average Bonchev–Trinajstić information content (AvgIpc) is 2.91. The van der Waals surface area contributed by atoms with Crippen molar-refractivity contribution in [3.05, 3.63) is 53.1 Å². The molecule has 3 rings (SSSR count). The number of benzene rings is 2. The lowest BCUT2D eigenvalue weighted by Gasteiger charge is -2.10. The van der Waals surface area contributed by atoms with Crippen molar-refractivity contribution in [2.45, 2.75) is 24.7 Å². The highest BCUT2D eigenvalue weighted by molar-refractivity contribution is 8.00. The summed E-state index contributed by atoms with van der Waals surface area (Å²) in [6, 6.07) is 12.9. The van der Waals surface area contributed by atoms with Gasteiger partial charge in [-0.1, -0.05) is 30.0 Å². The Balaban J connectivity index is 1.80. The smallest absolute Gasteiger partial charge is 0.150 e. The van der Waals surface area contributed by atoms with E-state index in [1.807, 2.05) is 0 Å². The zero-order valence-corrected chi connectivity index (χ0v) is 14.1. The van der Waals surface area contributed by atoms with E-state index in [1.165, 1.54) is 21.4 Å². The molecule has 2 nitrogen and oxygen atoms in total. The number of rotatable bonds is 4. The summed E-state index contributed by atoms with van der Waals surface area (Å²) in [6.07, 6.45) is 2.07. The number of nitrogens with one attached hydrogen (secondary N) is 1. The fourth-order valence-electron chi connectivity index (χ4n) is 2.30. The largest absolute Gasteiger partial charge is 0.381 e. The quantitative estimate of drug-likeness (QED) is 0.666. The molecule has 1 N–H and O–H groups in total. The number of aryl methyl sites for hydroxylation is 1. The molecule has 0 bridgehead atoms. The van der Waals surface area contributed by atoms with Gasteiger partial charge >= 0.3 is 0 Å². The van der Waals surface area contributed by atoms with Crippen molar-refractivity contribution in [1.29, 1.82) is 0 Å². The van der Waals surface area contributed by atoms with Crippen molar-refractivity contribution in [2.24, 2.45) is 0 Å². The molecule has 21 heavy (non-hydrogen) atoms. The second-order valence-electron chi connectivity index (χ2n) is 5.08. The van der Waals surface area contributed by atoms with Crippen LogP contribution < -0.4 is 5.32 Å². The van der Waals surface area contributed by atoms with Crippen LogP contribution in [0.4, 0.5) is 5.69 Å². The van der Waals surface area contributed by atoms with E-state index in [-0.39, 0.29) is 0 Å². The van der Waals surface area contributed by atoms with E-state index in [4.69, 9.17) is 0 Å². The Morgan fingerprint density at radius 1 is 1.19 bits per heavy atom. The van der Waals surface area contributed by atoms with E-state index in [0.29, 0.717) is 0 Å². The van der Waals surface area contributed by atoms with Crippen LogP contribution in [0.2, 0.25) is 0 Å². The topological polar surface area (TPSA) is 24.9 Å². The zero-order chi connectivity index (χ0) is 14.8. The van der Waals surface area contributed by atoms with Gasteiger partial charge in [0.15, 0.2) is 4.34 Å². The molecule has 1 aromatic heterocycles. The lowest BCUT2D eigenvalue weighted by Crippen LogP contribution is -2.02. The molecule has 0 radical (unpaired) electrons. The third-order valence-electron chi connectivity index (χ3n) is 3.74. The Labute approximate surface area is 133 Å². The Bertz CT molecular complexity index is 778. The monoisotopic (exact) mass is 314 g/mol. The molecular weight excluding hydrogens is 296 g/mol. The number of thioether (sulfide) groups is 1. The summed E-state index contributed by atoms with van der Waals surface area (Å²) < 4.78 is 2.36.